The molecule has 2 aromatic carbocycles. The highest BCUT2D eigenvalue weighted by Gasteiger charge is 2.60. The molecular formula is C21H23NO2. The van der Waals surface area contributed by atoms with Gasteiger partial charge in [0.2, 0.25) is 0 Å². The van der Waals surface area contributed by atoms with Gasteiger partial charge in [0, 0.05) is 11.5 Å². The number of benzene rings is 2. The number of alkyl carbamates (subject to hydrolysis) is 1. The Labute approximate surface area is 143 Å². The minimum absolute atomic E-state index is 0.238. The lowest BCUT2D eigenvalue weighted by atomic mass is 9.80. The second-order valence-corrected chi connectivity index (χ2v) is 7.04. The van der Waals surface area contributed by atoms with Crippen molar-refractivity contribution in [2.45, 2.75) is 43.7 Å². The number of ether oxygens (including phenoxy) is 1. The van der Waals surface area contributed by atoms with Crippen LogP contribution < -0.4 is 5.32 Å². The minimum atomic E-state index is -0.292. The van der Waals surface area contributed by atoms with E-state index in [0.29, 0.717) is 12.5 Å². The summed E-state index contributed by atoms with van der Waals surface area (Å²) < 4.78 is 5.39. The van der Waals surface area contributed by atoms with E-state index in [-0.39, 0.29) is 17.6 Å². The summed E-state index contributed by atoms with van der Waals surface area (Å²) in [6.07, 6.45) is 4.34. The SMILES string of the molecule is O=C(N[C@@H]1CCC[C@@]2(c3ccccc3)C[C@@H]12)OCc1ccccc1. The van der Waals surface area contributed by atoms with Crippen LogP contribution in [-0.4, -0.2) is 12.1 Å². The Balaban J connectivity index is 1.35. The fraction of sp³-hybridized carbons (Fsp3) is 0.381. The van der Waals surface area contributed by atoms with Gasteiger partial charge in [-0.25, -0.2) is 4.79 Å². The molecule has 3 nitrogen and oxygen atoms in total. The Hall–Kier alpha value is -2.29. The normalized spacial score (nSPS) is 27.8. The predicted octanol–water partition coefficient (Wildman–Crippen LogP) is 4.42. The smallest absolute Gasteiger partial charge is 0.407 e. The lowest BCUT2D eigenvalue weighted by molar-refractivity contribution is 0.131. The van der Waals surface area contributed by atoms with Crippen LogP contribution in [0.1, 0.15) is 36.8 Å². The van der Waals surface area contributed by atoms with Crippen LogP contribution >= 0.6 is 0 Å². The molecule has 1 N–H and O–H groups in total. The second kappa shape index (κ2) is 6.31. The van der Waals surface area contributed by atoms with Crippen molar-refractivity contribution in [2.24, 2.45) is 5.92 Å². The van der Waals surface area contributed by atoms with Gasteiger partial charge < -0.3 is 10.1 Å². The van der Waals surface area contributed by atoms with Gasteiger partial charge in [0.1, 0.15) is 6.61 Å². The highest BCUT2D eigenvalue weighted by atomic mass is 16.5. The summed E-state index contributed by atoms with van der Waals surface area (Å²) >= 11 is 0. The third kappa shape index (κ3) is 2.91. The first-order valence-corrected chi connectivity index (χ1v) is 8.81. The monoisotopic (exact) mass is 321 g/mol. The van der Waals surface area contributed by atoms with E-state index in [0.717, 1.165) is 18.4 Å². The maximum atomic E-state index is 12.2. The molecule has 3 atom stereocenters. The zero-order valence-corrected chi connectivity index (χ0v) is 13.8. The van der Waals surface area contributed by atoms with Crippen molar-refractivity contribution in [3.8, 4) is 0 Å². The molecule has 0 spiro atoms. The molecular weight excluding hydrogens is 298 g/mol. The Morgan fingerprint density at radius 3 is 2.54 bits per heavy atom. The summed E-state index contributed by atoms with van der Waals surface area (Å²) in [4.78, 5) is 12.2. The predicted molar refractivity (Wildman–Crippen MR) is 93.6 cm³/mol. The van der Waals surface area contributed by atoms with E-state index < -0.39 is 0 Å². The van der Waals surface area contributed by atoms with Crippen molar-refractivity contribution >= 4 is 6.09 Å². The van der Waals surface area contributed by atoms with Crippen molar-refractivity contribution in [1.82, 2.24) is 5.32 Å². The summed E-state index contributed by atoms with van der Waals surface area (Å²) in [5.41, 5.74) is 2.73. The summed E-state index contributed by atoms with van der Waals surface area (Å²) in [5.74, 6) is 0.554. The number of nitrogens with one attached hydrogen (secondary N) is 1. The number of carbonyl (C=O) groups is 1. The van der Waals surface area contributed by atoms with E-state index in [2.05, 4.69) is 35.6 Å². The first-order chi connectivity index (χ1) is 11.8. The molecule has 0 bridgehead atoms. The lowest BCUT2D eigenvalue weighted by Gasteiger charge is -2.29. The quantitative estimate of drug-likeness (QED) is 0.905. The summed E-state index contributed by atoms with van der Waals surface area (Å²) in [6, 6.07) is 20.8. The average Bonchev–Trinajstić information content (AvgIpc) is 3.39. The molecule has 2 fully saturated rings. The zero-order chi connectivity index (χ0) is 16.4. The number of hydrogen-bond donors (Lipinski definition) is 1. The van der Waals surface area contributed by atoms with Crippen molar-refractivity contribution in [3.63, 3.8) is 0 Å². The van der Waals surface area contributed by atoms with Crippen LogP contribution in [0.5, 0.6) is 0 Å². The van der Waals surface area contributed by atoms with Crippen LogP contribution in [0, 0.1) is 5.92 Å². The molecule has 1 amide bonds. The maximum absolute atomic E-state index is 12.2. The van der Waals surface area contributed by atoms with Crippen molar-refractivity contribution in [2.75, 3.05) is 0 Å². The third-order valence-electron chi connectivity index (χ3n) is 5.62. The number of amides is 1. The first-order valence-electron chi connectivity index (χ1n) is 8.81. The van der Waals surface area contributed by atoms with Crippen LogP contribution in [0.4, 0.5) is 4.79 Å². The van der Waals surface area contributed by atoms with Crippen molar-refractivity contribution in [3.05, 3.63) is 71.8 Å². The molecule has 2 aliphatic carbocycles. The van der Waals surface area contributed by atoms with Crippen LogP contribution in [0.3, 0.4) is 0 Å². The average molecular weight is 321 g/mol. The third-order valence-corrected chi connectivity index (χ3v) is 5.62. The van der Waals surface area contributed by atoms with Gasteiger partial charge >= 0.3 is 6.09 Å². The van der Waals surface area contributed by atoms with Gasteiger partial charge in [0.05, 0.1) is 0 Å². The molecule has 0 heterocycles. The molecule has 0 aliphatic heterocycles. The van der Waals surface area contributed by atoms with E-state index in [1.165, 1.54) is 18.4 Å². The fourth-order valence-electron chi connectivity index (χ4n) is 4.32. The van der Waals surface area contributed by atoms with Crippen LogP contribution in [-0.2, 0) is 16.8 Å². The topological polar surface area (TPSA) is 38.3 Å². The molecule has 0 saturated heterocycles. The van der Waals surface area contributed by atoms with Crippen molar-refractivity contribution in [1.29, 1.82) is 0 Å². The summed E-state index contributed by atoms with van der Waals surface area (Å²) in [6.45, 7) is 0.327. The zero-order valence-electron chi connectivity index (χ0n) is 13.8. The molecule has 2 saturated carbocycles. The molecule has 124 valence electrons. The molecule has 4 rings (SSSR count). The fourth-order valence-corrected chi connectivity index (χ4v) is 4.32. The van der Waals surface area contributed by atoms with E-state index in [1.807, 2.05) is 30.3 Å². The van der Waals surface area contributed by atoms with Gasteiger partial charge in [-0.05, 0) is 36.3 Å². The Kier molecular flexibility index (Phi) is 4.01. The molecule has 2 aromatic rings. The van der Waals surface area contributed by atoms with E-state index in [4.69, 9.17) is 4.74 Å². The summed E-state index contributed by atoms with van der Waals surface area (Å²) in [7, 11) is 0. The number of fused-ring (bicyclic) bond motifs is 1. The van der Waals surface area contributed by atoms with Gasteiger partial charge in [-0.3, -0.25) is 0 Å². The standard InChI is InChI=1S/C21H23NO2/c23-20(24-15-16-8-3-1-4-9-16)22-19-12-7-13-21(14-18(19)21)17-10-5-2-6-11-17/h1-6,8-11,18-19H,7,12-15H2,(H,22,23)/t18-,19+,21-/m0/s1. The minimum Gasteiger partial charge on any atom is -0.445 e. The van der Waals surface area contributed by atoms with Crippen LogP contribution in [0.15, 0.2) is 60.7 Å². The highest BCUT2D eigenvalue weighted by Crippen LogP contribution is 2.62. The van der Waals surface area contributed by atoms with Gasteiger partial charge in [-0.1, -0.05) is 67.1 Å². The Morgan fingerprint density at radius 1 is 1.08 bits per heavy atom. The Bertz CT molecular complexity index is 700. The molecule has 0 aromatic heterocycles. The largest absolute Gasteiger partial charge is 0.445 e. The maximum Gasteiger partial charge on any atom is 0.407 e. The summed E-state index contributed by atoms with van der Waals surface area (Å²) in [5, 5.41) is 3.11. The van der Waals surface area contributed by atoms with E-state index in [1.54, 1.807) is 0 Å². The highest BCUT2D eigenvalue weighted by molar-refractivity contribution is 5.68. The molecule has 0 unspecified atom stereocenters. The molecule has 3 heteroatoms. The Morgan fingerprint density at radius 2 is 1.79 bits per heavy atom. The van der Waals surface area contributed by atoms with Crippen molar-refractivity contribution < 1.29 is 9.53 Å². The van der Waals surface area contributed by atoms with E-state index in [9.17, 15) is 4.79 Å². The number of rotatable bonds is 4. The van der Waals surface area contributed by atoms with Gasteiger partial charge in [0.15, 0.2) is 0 Å². The molecule has 0 radical (unpaired) electrons. The number of carbonyl (C=O) groups excluding carboxylic acids is 1. The molecule has 2 aliphatic rings. The lowest BCUT2D eigenvalue weighted by Crippen LogP contribution is -2.40. The van der Waals surface area contributed by atoms with Gasteiger partial charge in [-0.15, -0.1) is 0 Å². The van der Waals surface area contributed by atoms with Gasteiger partial charge in [0.25, 0.3) is 0 Å². The molecule has 24 heavy (non-hydrogen) atoms. The van der Waals surface area contributed by atoms with E-state index >= 15 is 0 Å². The van der Waals surface area contributed by atoms with Crippen LogP contribution in [0.2, 0.25) is 0 Å². The first kappa shape index (κ1) is 15.3. The number of hydrogen-bond acceptors (Lipinski definition) is 2. The van der Waals surface area contributed by atoms with Crippen LogP contribution in [0.25, 0.3) is 0 Å². The second-order valence-electron chi connectivity index (χ2n) is 7.04. The van der Waals surface area contributed by atoms with Gasteiger partial charge in [-0.2, -0.15) is 0 Å².